The van der Waals surface area contributed by atoms with Gasteiger partial charge in [-0.05, 0) is 33.0 Å². The van der Waals surface area contributed by atoms with Gasteiger partial charge in [0.2, 0.25) is 5.88 Å². The number of alkyl halides is 3. The fraction of sp³-hybridized carbons (Fsp3) is 0.455. The smallest absolute Gasteiger partial charge is 0.424 e. The molecule has 1 aromatic carbocycles. The normalized spacial score (nSPS) is 12.2. The van der Waals surface area contributed by atoms with Crippen LogP contribution in [0.5, 0.6) is 5.88 Å². The fourth-order valence-electron chi connectivity index (χ4n) is 3.18. The Hall–Kier alpha value is -2.49. The number of esters is 1. The Labute approximate surface area is 193 Å². The van der Waals surface area contributed by atoms with Gasteiger partial charge in [0.05, 0.1) is 20.5 Å². The van der Waals surface area contributed by atoms with Crippen LogP contribution >= 0.6 is 15.9 Å². The molecule has 0 saturated carbocycles. The predicted octanol–water partition coefficient (Wildman–Crippen LogP) is 5.84. The van der Waals surface area contributed by atoms with Gasteiger partial charge in [-0.15, -0.1) is 5.10 Å². The largest absolute Gasteiger partial charge is 0.503 e. The molecule has 176 valence electrons. The zero-order valence-electron chi connectivity index (χ0n) is 18.3. The minimum Gasteiger partial charge on any atom is -0.503 e. The maximum atomic E-state index is 13.8. The van der Waals surface area contributed by atoms with E-state index in [4.69, 9.17) is 14.2 Å². The summed E-state index contributed by atoms with van der Waals surface area (Å²) in [6.07, 6.45) is -1.81. The number of carbonyl (C=O) groups excluding carboxylic acids is 1. The summed E-state index contributed by atoms with van der Waals surface area (Å²) < 4.78 is 57.7. The van der Waals surface area contributed by atoms with E-state index in [1.165, 1.54) is 25.2 Å². The molecule has 0 atom stereocenters. The number of aromatic nitrogens is 2. The Balaban J connectivity index is 2.41. The molecule has 0 aliphatic heterocycles. The third-order valence-electron chi connectivity index (χ3n) is 5.04. The third-order valence-corrected chi connectivity index (χ3v) is 5.85. The van der Waals surface area contributed by atoms with Gasteiger partial charge in [-0.2, -0.15) is 13.2 Å². The van der Waals surface area contributed by atoms with Crippen LogP contribution in [-0.4, -0.2) is 30.0 Å². The van der Waals surface area contributed by atoms with Gasteiger partial charge < -0.3 is 14.2 Å². The molecule has 1 heterocycles. The number of ether oxygens (including phenoxy) is 3. The van der Waals surface area contributed by atoms with Crippen molar-refractivity contribution in [1.29, 1.82) is 0 Å². The second kappa shape index (κ2) is 11.4. The first-order chi connectivity index (χ1) is 15.2. The molecule has 2 rings (SSSR count). The second-order valence-corrected chi connectivity index (χ2v) is 7.79. The highest BCUT2D eigenvalue weighted by Gasteiger charge is 2.41. The number of nitrogens with zero attached hydrogens (tertiary/aromatic N) is 2. The molecule has 0 radical (unpaired) electrons. The number of halogens is 4. The van der Waals surface area contributed by atoms with E-state index < -0.39 is 23.6 Å². The van der Waals surface area contributed by atoms with E-state index in [2.05, 4.69) is 21.0 Å². The SMILES string of the molecule is CCC(CC)Cn1nc(OCc2ccccc2/C(=C\OC)C(=O)OC)c(C(F)(F)F)c1Br. The van der Waals surface area contributed by atoms with Crippen molar-refractivity contribution in [2.45, 2.75) is 46.0 Å². The number of carbonyl (C=O) groups is 1. The second-order valence-electron chi connectivity index (χ2n) is 7.04. The van der Waals surface area contributed by atoms with Gasteiger partial charge in [0, 0.05) is 6.54 Å². The number of benzene rings is 1. The Morgan fingerprint density at radius 1 is 1.22 bits per heavy atom. The molecule has 0 aliphatic rings. The summed E-state index contributed by atoms with van der Waals surface area (Å²) in [5, 5.41) is 4.09. The van der Waals surface area contributed by atoms with Crippen LogP contribution in [0, 0.1) is 5.92 Å². The lowest BCUT2D eigenvalue weighted by Crippen LogP contribution is -2.12. The van der Waals surface area contributed by atoms with E-state index in [1.807, 2.05) is 13.8 Å². The van der Waals surface area contributed by atoms with Crippen LogP contribution in [0.3, 0.4) is 0 Å². The number of methoxy groups -OCH3 is 2. The lowest BCUT2D eigenvalue weighted by Gasteiger charge is -2.13. The van der Waals surface area contributed by atoms with Crippen molar-refractivity contribution in [2.75, 3.05) is 14.2 Å². The van der Waals surface area contributed by atoms with Crippen LogP contribution in [-0.2, 0) is 33.6 Å². The van der Waals surface area contributed by atoms with Gasteiger partial charge in [0.25, 0.3) is 0 Å². The van der Waals surface area contributed by atoms with Gasteiger partial charge in [-0.1, -0.05) is 51.0 Å². The van der Waals surface area contributed by atoms with Crippen LogP contribution in [0.2, 0.25) is 0 Å². The van der Waals surface area contributed by atoms with E-state index in [0.29, 0.717) is 17.7 Å². The molecular formula is C22H26BrF3N2O4. The van der Waals surface area contributed by atoms with Gasteiger partial charge in [-0.25, -0.2) is 4.79 Å². The van der Waals surface area contributed by atoms with E-state index in [9.17, 15) is 18.0 Å². The van der Waals surface area contributed by atoms with Crippen molar-refractivity contribution >= 4 is 27.5 Å². The number of hydrogen-bond donors (Lipinski definition) is 0. The number of hydrogen-bond acceptors (Lipinski definition) is 5. The molecule has 0 fully saturated rings. The summed E-state index contributed by atoms with van der Waals surface area (Å²) in [6.45, 7) is 4.05. The van der Waals surface area contributed by atoms with Gasteiger partial charge >= 0.3 is 12.1 Å². The quantitative estimate of drug-likeness (QED) is 0.224. The van der Waals surface area contributed by atoms with Crippen LogP contribution in [0.25, 0.3) is 5.57 Å². The number of rotatable bonds is 10. The van der Waals surface area contributed by atoms with Crippen LogP contribution in [0.1, 0.15) is 43.4 Å². The lowest BCUT2D eigenvalue weighted by atomic mass is 10.0. The summed E-state index contributed by atoms with van der Waals surface area (Å²) in [6, 6.07) is 6.65. The van der Waals surface area contributed by atoms with E-state index in [1.54, 1.807) is 24.3 Å². The average molecular weight is 519 g/mol. The van der Waals surface area contributed by atoms with Crippen molar-refractivity contribution in [3.63, 3.8) is 0 Å². The summed E-state index contributed by atoms with van der Waals surface area (Å²) >= 11 is 3.05. The maximum absolute atomic E-state index is 13.8. The molecule has 0 bridgehead atoms. The zero-order valence-corrected chi connectivity index (χ0v) is 19.9. The van der Waals surface area contributed by atoms with Gasteiger partial charge in [0.15, 0.2) is 5.56 Å². The molecule has 0 N–H and O–H groups in total. The summed E-state index contributed by atoms with van der Waals surface area (Å²) in [5.41, 5.74) is 0.0394. The van der Waals surface area contributed by atoms with Crippen molar-refractivity contribution in [1.82, 2.24) is 9.78 Å². The average Bonchev–Trinajstić information content (AvgIpc) is 3.09. The monoisotopic (exact) mass is 518 g/mol. The van der Waals surface area contributed by atoms with Crippen molar-refractivity contribution in [3.8, 4) is 5.88 Å². The van der Waals surface area contributed by atoms with Gasteiger partial charge in [0.1, 0.15) is 16.8 Å². The van der Waals surface area contributed by atoms with E-state index in [0.717, 1.165) is 12.8 Å². The molecule has 32 heavy (non-hydrogen) atoms. The topological polar surface area (TPSA) is 62.6 Å². The van der Waals surface area contributed by atoms with Crippen molar-refractivity contribution in [3.05, 3.63) is 51.8 Å². The first kappa shape index (κ1) is 25.8. The maximum Gasteiger partial charge on any atom is 0.424 e. The summed E-state index contributed by atoms with van der Waals surface area (Å²) in [4.78, 5) is 12.1. The highest BCUT2D eigenvalue weighted by Crippen LogP contribution is 2.41. The van der Waals surface area contributed by atoms with Crippen LogP contribution < -0.4 is 4.74 Å². The molecule has 0 spiro atoms. The Morgan fingerprint density at radius 3 is 2.44 bits per heavy atom. The van der Waals surface area contributed by atoms with Crippen molar-refractivity contribution in [2.24, 2.45) is 5.92 Å². The molecule has 0 saturated heterocycles. The molecule has 6 nitrogen and oxygen atoms in total. The van der Waals surface area contributed by atoms with E-state index in [-0.39, 0.29) is 22.7 Å². The van der Waals surface area contributed by atoms with Crippen LogP contribution in [0.15, 0.2) is 35.1 Å². The molecule has 10 heteroatoms. The molecular weight excluding hydrogens is 493 g/mol. The minimum absolute atomic E-state index is 0.116. The molecule has 0 amide bonds. The minimum atomic E-state index is -4.66. The zero-order chi connectivity index (χ0) is 23.9. The van der Waals surface area contributed by atoms with Crippen molar-refractivity contribution < 1.29 is 32.2 Å². The fourth-order valence-corrected chi connectivity index (χ4v) is 3.80. The van der Waals surface area contributed by atoms with Crippen LogP contribution in [0.4, 0.5) is 13.2 Å². The lowest BCUT2D eigenvalue weighted by molar-refractivity contribution is -0.139. The third kappa shape index (κ3) is 6.05. The molecule has 1 aromatic heterocycles. The molecule has 0 aliphatic carbocycles. The first-order valence-electron chi connectivity index (χ1n) is 10.0. The Bertz CT molecular complexity index is 953. The highest BCUT2D eigenvalue weighted by atomic mass is 79.9. The van der Waals surface area contributed by atoms with E-state index >= 15 is 0 Å². The Morgan fingerprint density at radius 2 is 1.88 bits per heavy atom. The standard InChI is InChI=1S/C22H26BrF3N2O4/c1-5-14(6-2)11-28-19(23)18(22(24,25)26)20(27-28)32-12-15-9-7-8-10-16(15)17(13-30-3)21(29)31-4/h7-10,13-14H,5-6,11-12H2,1-4H3/b17-13+. The summed E-state index contributed by atoms with van der Waals surface area (Å²) in [5.74, 6) is -0.990. The summed E-state index contributed by atoms with van der Waals surface area (Å²) in [7, 11) is 2.60. The molecule has 2 aromatic rings. The molecule has 0 unspecified atom stereocenters. The Kier molecular flexibility index (Phi) is 9.18. The first-order valence-corrected chi connectivity index (χ1v) is 10.8. The predicted molar refractivity (Wildman–Crippen MR) is 117 cm³/mol. The highest BCUT2D eigenvalue weighted by molar-refractivity contribution is 9.10. The van der Waals surface area contributed by atoms with Gasteiger partial charge in [-0.3, -0.25) is 4.68 Å².